The number of rotatable bonds is 3. The van der Waals surface area contributed by atoms with E-state index in [0.29, 0.717) is 13.0 Å². The number of nitrogens with zero attached hydrogens (tertiary/aromatic N) is 1. The van der Waals surface area contributed by atoms with Gasteiger partial charge >= 0.3 is 6.03 Å². The number of anilines is 1. The van der Waals surface area contributed by atoms with E-state index >= 15 is 0 Å². The second-order valence-corrected chi connectivity index (χ2v) is 4.17. The zero-order valence-electron chi connectivity index (χ0n) is 9.93. The fraction of sp³-hybridized carbons (Fsp3) is 0.333. The number of carbonyl (C=O) groups excluding carboxylic acids is 2. The largest absolute Gasteiger partial charge is 0.351 e. The van der Waals surface area contributed by atoms with Crippen molar-refractivity contribution in [2.45, 2.75) is 18.9 Å². The summed E-state index contributed by atoms with van der Waals surface area (Å²) in [5.41, 5.74) is 11.4. The Morgan fingerprint density at radius 1 is 1.28 bits per heavy atom. The Morgan fingerprint density at radius 3 is 2.67 bits per heavy atom. The molecule has 4 N–H and O–H groups in total. The Hall–Kier alpha value is -2.24. The zero-order valence-corrected chi connectivity index (χ0v) is 9.93. The molecule has 0 aromatic heterocycles. The molecule has 1 fully saturated rings. The predicted molar refractivity (Wildman–Crippen MR) is 67.5 cm³/mol. The van der Waals surface area contributed by atoms with Crippen molar-refractivity contribution in [1.82, 2.24) is 10.3 Å². The summed E-state index contributed by atoms with van der Waals surface area (Å²) in [5.74, 6) is -0.241. The van der Waals surface area contributed by atoms with Gasteiger partial charge in [-0.2, -0.15) is 0 Å². The normalized spacial score (nSPS) is 18.4. The van der Waals surface area contributed by atoms with Gasteiger partial charge in [-0.05, 0) is 25.0 Å². The summed E-state index contributed by atoms with van der Waals surface area (Å²) in [6.07, 6.45) is 1.44. The van der Waals surface area contributed by atoms with Crippen LogP contribution < -0.4 is 16.6 Å². The minimum Gasteiger partial charge on any atom is -0.351 e. The molecule has 0 spiro atoms. The van der Waals surface area contributed by atoms with Gasteiger partial charge in [0.2, 0.25) is 0 Å². The lowest BCUT2D eigenvalue weighted by Crippen LogP contribution is -2.49. The van der Waals surface area contributed by atoms with E-state index in [4.69, 9.17) is 5.73 Å². The van der Waals surface area contributed by atoms with Gasteiger partial charge in [0.25, 0.3) is 5.91 Å². The van der Waals surface area contributed by atoms with Gasteiger partial charge in [-0.15, -0.1) is 0 Å². The lowest BCUT2D eigenvalue weighted by atomic mass is 10.2. The summed E-state index contributed by atoms with van der Waals surface area (Å²) in [4.78, 5) is 24.4. The molecule has 3 amide bonds. The van der Waals surface area contributed by atoms with E-state index in [1.807, 2.05) is 30.3 Å². The van der Waals surface area contributed by atoms with Crippen molar-refractivity contribution < 1.29 is 9.59 Å². The molecular weight excluding hydrogens is 232 g/mol. The fourth-order valence-corrected chi connectivity index (χ4v) is 2.04. The van der Waals surface area contributed by atoms with Crippen LogP contribution in [0.2, 0.25) is 0 Å². The molecule has 6 nitrogen and oxygen atoms in total. The zero-order chi connectivity index (χ0) is 13.0. The van der Waals surface area contributed by atoms with Gasteiger partial charge in [0, 0.05) is 6.54 Å². The minimum atomic E-state index is -0.549. The van der Waals surface area contributed by atoms with E-state index in [0.717, 1.165) is 12.1 Å². The van der Waals surface area contributed by atoms with Gasteiger partial charge in [0.1, 0.15) is 6.04 Å². The second kappa shape index (κ2) is 5.39. The van der Waals surface area contributed by atoms with Gasteiger partial charge in [-0.1, -0.05) is 18.2 Å². The maximum absolute atomic E-state index is 11.9. The summed E-state index contributed by atoms with van der Waals surface area (Å²) in [6.45, 7) is 0.540. The molecule has 1 saturated heterocycles. The smallest absolute Gasteiger partial charge is 0.315 e. The lowest BCUT2D eigenvalue weighted by molar-refractivity contribution is -0.124. The van der Waals surface area contributed by atoms with E-state index in [1.165, 1.54) is 4.90 Å². The van der Waals surface area contributed by atoms with Crippen LogP contribution in [0.4, 0.5) is 10.5 Å². The maximum atomic E-state index is 11.9. The van der Waals surface area contributed by atoms with Crippen molar-refractivity contribution in [1.29, 1.82) is 0 Å². The van der Waals surface area contributed by atoms with Crippen molar-refractivity contribution in [3.05, 3.63) is 30.3 Å². The Morgan fingerprint density at radius 2 is 2.00 bits per heavy atom. The highest BCUT2D eigenvalue weighted by Crippen LogP contribution is 2.16. The van der Waals surface area contributed by atoms with Gasteiger partial charge in [-0.3, -0.25) is 15.6 Å². The third-order valence-electron chi connectivity index (χ3n) is 2.94. The number of hydrogen-bond donors (Lipinski definition) is 3. The van der Waals surface area contributed by atoms with E-state index in [2.05, 4.69) is 10.9 Å². The molecule has 6 heteroatoms. The number of nitrogens with two attached hydrogens (primary N) is 1. The van der Waals surface area contributed by atoms with Gasteiger partial charge in [0.15, 0.2) is 0 Å². The third-order valence-corrected chi connectivity index (χ3v) is 2.94. The summed E-state index contributed by atoms with van der Waals surface area (Å²) in [6, 6.07) is 8.26. The summed E-state index contributed by atoms with van der Waals surface area (Å²) >= 11 is 0. The fourth-order valence-electron chi connectivity index (χ4n) is 2.04. The molecule has 1 atom stereocenters. The van der Waals surface area contributed by atoms with Crippen LogP contribution in [0.3, 0.4) is 0 Å². The van der Waals surface area contributed by atoms with Crippen LogP contribution >= 0.6 is 0 Å². The van der Waals surface area contributed by atoms with Crippen molar-refractivity contribution in [3.8, 4) is 0 Å². The number of likely N-dealkylation sites (tertiary alicyclic amines) is 1. The van der Waals surface area contributed by atoms with Crippen LogP contribution in [0, 0.1) is 0 Å². The Labute approximate surface area is 105 Å². The average molecular weight is 248 g/mol. The maximum Gasteiger partial charge on any atom is 0.315 e. The highest BCUT2D eigenvalue weighted by molar-refractivity contribution is 5.87. The molecule has 0 saturated carbocycles. The number of urea groups is 1. The highest BCUT2D eigenvalue weighted by Gasteiger charge is 2.32. The monoisotopic (exact) mass is 248 g/mol. The molecular formula is C12H16N4O2. The molecule has 18 heavy (non-hydrogen) atoms. The first-order chi connectivity index (χ1) is 8.68. The van der Waals surface area contributed by atoms with Crippen molar-refractivity contribution in [2.24, 2.45) is 5.73 Å². The molecule has 96 valence electrons. The first kappa shape index (κ1) is 12.2. The molecule has 1 aromatic carbocycles. The summed E-state index contributed by atoms with van der Waals surface area (Å²) < 4.78 is 0. The van der Waals surface area contributed by atoms with Crippen LogP contribution in [-0.4, -0.2) is 29.4 Å². The molecule has 1 aliphatic rings. The molecule has 2 rings (SSSR count). The molecule has 0 aliphatic carbocycles. The third kappa shape index (κ3) is 2.71. The number of nitrogens with one attached hydrogen (secondary N) is 2. The van der Waals surface area contributed by atoms with E-state index in [1.54, 1.807) is 0 Å². The van der Waals surface area contributed by atoms with Crippen LogP contribution in [0.15, 0.2) is 30.3 Å². The minimum absolute atomic E-state index is 0.241. The molecule has 1 aliphatic heterocycles. The molecule has 0 radical (unpaired) electrons. The van der Waals surface area contributed by atoms with E-state index in [9.17, 15) is 9.59 Å². The van der Waals surface area contributed by atoms with Crippen LogP contribution in [0.5, 0.6) is 0 Å². The SMILES string of the molecule is NC(=O)N1CCCC1C(=O)NNc1ccccc1. The second-order valence-electron chi connectivity index (χ2n) is 4.17. The van der Waals surface area contributed by atoms with Crippen molar-refractivity contribution in [3.63, 3.8) is 0 Å². The Kier molecular flexibility index (Phi) is 3.66. The Balaban J connectivity index is 1.90. The number of primary amides is 1. The number of benzene rings is 1. The first-order valence-electron chi connectivity index (χ1n) is 5.85. The van der Waals surface area contributed by atoms with Crippen LogP contribution in [-0.2, 0) is 4.79 Å². The number of hydrazine groups is 1. The van der Waals surface area contributed by atoms with Gasteiger partial charge in [-0.25, -0.2) is 4.79 Å². The number of carbonyl (C=O) groups is 2. The average Bonchev–Trinajstić information content (AvgIpc) is 2.86. The first-order valence-corrected chi connectivity index (χ1v) is 5.85. The van der Waals surface area contributed by atoms with Gasteiger partial charge < -0.3 is 10.6 Å². The molecule has 0 bridgehead atoms. The molecule has 1 unspecified atom stereocenters. The van der Waals surface area contributed by atoms with Crippen LogP contribution in [0.1, 0.15) is 12.8 Å². The van der Waals surface area contributed by atoms with Gasteiger partial charge in [0.05, 0.1) is 5.69 Å². The van der Waals surface area contributed by atoms with Crippen LogP contribution in [0.25, 0.3) is 0 Å². The Bertz CT molecular complexity index is 435. The topological polar surface area (TPSA) is 87.5 Å². The lowest BCUT2D eigenvalue weighted by Gasteiger charge is -2.22. The number of para-hydroxylation sites is 1. The number of hydrogen-bond acceptors (Lipinski definition) is 3. The van der Waals surface area contributed by atoms with E-state index < -0.39 is 12.1 Å². The van der Waals surface area contributed by atoms with Crippen molar-refractivity contribution >= 4 is 17.6 Å². The highest BCUT2D eigenvalue weighted by atomic mass is 16.2. The van der Waals surface area contributed by atoms with E-state index in [-0.39, 0.29) is 5.91 Å². The quantitative estimate of drug-likeness (QED) is 0.687. The number of amides is 3. The van der Waals surface area contributed by atoms with Crippen molar-refractivity contribution in [2.75, 3.05) is 12.0 Å². The standard InChI is InChI=1S/C12H16N4O2/c13-12(18)16-8-4-7-10(16)11(17)15-14-9-5-2-1-3-6-9/h1-3,5-6,10,14H,4,7-8H2,(H2,13,18)(H,15,17). The summed E-state index contributed by atoms with van der Waals surface area (Å²) in [7, 11) is 0. The molecule has 1 aromatic rings. The molecule has 1 heterocycles. The predicted octanol–water partition coefficient (Wildman–Crippen LogP) is 0.673. The summed E-state index contributed by atoms with van der Waals surface area (Å²) in [5, 5.41) is 0.